The maximum absolute atomic E-state index is 12.4. The van der Waals surface area contributed by atoms with E-state index in [-0.39, 0.29) is 5.97 Å². The quantitative estimate of drug-likeness (QED) is 0.370. The summed E-state index contributed by atoms with van der Waals surface area (Å²) in [5.41, 5.74) is 0.975. The third-order valence-electron chi connectivity index (χ3n) is 4.55. The Balaban J connectivity index is 2.04. The van der Waals surface area contributed by atoms with Gasteiger partial charge in [-0.15, -0.1) is 0 Å². The van der Waals surface area contributed by atoms with Gasteiger partial charge in [-0.05, 0) is 0 Å². The number of hydrogen-bond donors (Lipinski definition) is 0. The molecule has 0 saturated heterocycles. The third-order valence-corrected chi connectivity index (χ3v) is 14.0. The van der Waals surface area contributed by atoms with Crippen molar-refractivity contribution >= 4 is 25.5 Å². The zero-order valence-corrected chi connectivity index (χ0v) is 17.0. The van der Waals surface area contributed by atoms with E-state index < -0.39 is 19.6 Å². The topological polar surface area (TPSA) is 52.6 Å². The summed E-state index contributed by atoms with van der Waals surface area (Å²) in [4.78, 5) is 24.4. The molecule has 0 saturated carbocycles. The van der Waals surface area contributed by atoms with E-state index in [1.54, 1.807) is 48.5 Å². The van der Waals surface area contributed by atoms with Crippen molar-refractivity contribution in [2.75, 3.05) is 0 Å². The van der Waals surface area contributed by atoms with Crippen LogP contribution in [0.25, 0.3) is 0 Å². The second-order valence-corrected chi connectivity index (χ2v) is 15.8. The first-order valence-corrected chi connectivity index (χ1v) is 13.9. The van der Waals surface area contributed by atoms with Gasteiger partial charge in [0, 0.05) is 0 Å². The van der Waals surface area contributed by atoms with Gasteiger partial charge in [0.25, 0.3) is 0 Å². The van der Waals surface area contributed by atoms with Crippen LogP contribution in [0.5, 0.6) is 5.75 Å². The van der Waals surface area contributed by atoms with Crippen LogP contribution in [-0.2, 0) is 3.76 Å². The molecular weight excluding hydrogens is 377 g/mol. The Bertz CT molecular complexity index is 698. The van der Waals surface area contributed by atoms with Gasteiger partial charge in [-0.1, -0.05) is 0 Å². The Labute approximate surface area is 151 Å². The van der Waals surface area contributed by atoms with E-state index in [2.05, 4.69) is 20.8 Å². The average molecular weight is 401 g/mol. The van der Waals surface area contributed by atoms with Gasteiger partial charge in [0.1, 0.15) is 0 Å². The molecule has 0 aliphatic heterocycles. The normalized spacial score (nSPS) is 11.0. The molecule has 4 nitrogen and oxygen atoms in total. The molecule has 25 heavy (non-hydrogen) atoms. The molecule has 0 atom stereocenters. The van der Waals surface area contributed by atoms with Gasteiger partial charge >= 0.3 is 152 Å². The van der Waals surface area contributed by atoms with Crippen LogP contribution in [0.15, 0.2) is 54.6 Å². The van der Waals surface area contributed by atoms with Crippen LogP contribution >= 0.6 is 0 Å². The fraction of sp³-hybridized carbons (Fsp3) is 0.300. The van der Waals surface area contributed by atoms with Crippen LogP contribution in [0.1, 0.15) is 41.5 Å². The number of benzene rings is 2. The van der Waals surface area contributed by atoms with E-state index in [4.69, 9.17) is 8.50 Å². The summed E-state index contributed by atoms with van der Waals surface area (Å²) < 4.78 is 11.2. The van der Waals surface area contributed by atoms with E-state index in [0.717, 1.165) is 15.8 Å². The molecule has 0 spiro atoms. The van der Waals surface area contributed by atoms with Crippen molar-refractivity contribution in [1.29, 1.82) is 0 Å². The van der Waals surface area contributed by atoms with Gasteiger partial charge in [-0.3, -0.25) is 0 Å². The fourth-order valence-corrected chi connectivity index (χ4v) is 7.75. The van der Waals surface area contributed by atoms with Crippen molar-refractivity contribution < 1.29 is 18.1 Å². The van der Waals surface area contributed by atoms with E-state index in [0.29, 0.717) is 16.9 Å². The summed E-state index contributed by atoms with van der Waals surface area (Å²) in [6.07, 6.45) is 0. The predicted molar refractivity (Wildman–Crippen MR) is 100 cm³/mol. The van der Waals surface area contributed by atoms with E-state index in [1.165, 1.54) is 0 Å². The van der Waals surface area contributed by atoms with Gasteiger partial charge in [0.15, 0.2) is 0 Å². The Kier molecular flexibility index (Phi) is 6.82. The fourth-order valence-electron chi connectivity index (χ4n) is 2.62. The summed E-state index contributed by atoms with van der Waals surface area (Å²) in [5.74, 6) is -0.293. The Morgan fingerprint density at radius 3 is 1.80 bits per heavy atom. The number of hydrogen-bond acceptors (Lipinski definition) is 4. The first kappa shape index (κ1) is 19.3. The molecule has 0 bridgehead atoms. The molecule has 2 rings (SSSR count). The van der Waals surface area contributed by atoms with Gasteiger partial charge in [-0.25, -0.2) is 0 Å². The molecule has 5 heteroatoms. The average Bonchev–Trinajstić information content (AvgIpc) is 2.67. The first-order chi connectivity index (χ1) is 12.0. The summed E-state index contributed by atoms with van der Waals surface area (Å²) in [5, 5.41) is 2.89. The standard InChI is InChI=1S/C20H24GeO4/c1-4-21(5-2,6-3)25-20(23)17-12-14-18(15-13-17)24-19(22)16-10-8-7-9-11-16/h7-15H,4-6H2,1-3H3. The molecule has 0 aliphatic rings. The van der Waals surface area contributed by atoms with Crippen molar-refractivity contribution in [2.24, 2.45) is 0 Å². The predicted octanol–water partition coefficient (Wildman–Crippen LogP) is 5.07. The van der Waals surface area contributed by atoms with E-state index in [9.17, 15) is 9.59 Å². The van der Waals surface area contributed by atoms with Crippen molar-refractivity contribution in [3.63, 3.8) is 0 Å². The van der Waals surface area contributed by atoms with Crippen molar-refractivity contribution in [2.45, 2.75) is 36.5 Å². The van der Waals surface area contributed by atoms with E-state index >= 15 is 0 Å². The molecule has 0 aromatic heterocycles. The maximum atomic E-state index is 12.4. The van der Waals surface area contributed by atoms with Gasteiger partial charge in [-0.2, -0.15) is 0 Å². The first-order valence-electron chi connectivity index (χ1n) is 8.64. The zero-order chi connectivity index (χ0) is 18.3. The van der Waals surface area contributed by atoms with Crippen molar-refractivity contribution in [1.82, 2.24) is 0 Å². The Morgan fingerprint density at radius 1 is 0.760 bits per heavy atom. The summed E-state index contributed by atoms with van der Waals surface area (Å²) >= 11 is -2.53. The molecular formula is C20H24GeO4. The number of carbonyl (C=O) groups is 2. The number of rotatable bonds is 7. The molecule has 132 valence electrons. The molecule has 0 amide bonds. The van der Waals surface area contributed by atoms with Crippen molar-refractivity contribution in [3.05, 3.63) is 65.7 Å². The number of carbonyl (C=O) groups excluding carboxylic acids is 2. The van der Waals surface area contributed by atoms with Crippen LogP contribution in [0.4, 0.5) is 0 Å². The molecule has 0 N–H and O–H groups in total. The summed E-state index contributed by atoms with van der Waals surface area (Å²) in [6, 6.07) is 15.3. The summed E-state index contributed by atoms with van der Waals surface area (Å²) in [7, 11) is 0. The second kappa shape index (κ2) is 8.85. The minimum atomic E-state index is -2.53. The molecule has 2 aromatic rings. The minimum absolute atomic E-state index is 0.272. The monoisotopic (exact) mass is 402 g/mol. The van der Waals surface area contributed by atoms with Crippen LogP contribution in [0.3, 0.4) is 0 Å². The second-order valence-electron chi connectivity index (χ2n) is 5.91. The van der Waals surface area contributed by atoms with Crippen molar-refractivity contribution in [3.8, 4) is 5.75 Å². The molecule has 0 heterocycles. The van der Waals surface area contributed by atoms with Crippen LogP contribution < -0.4 is 4.74 Å². The third kappa shape index (κ3) is 4.95. The van der Waals surface area contributed by atoms with E-state index in [1.807, 2.05) is 6.07 Å². The molecule has 2 aromatic carbocycles. The number of esters is 1. The molecule has 0 radical (unpaired) electrons. The zero-order valence-electron chi connectivity index (χ0n) is 15.0. The number of ether oxygens (including phenoxy) is 1. The molecule has 0 unspecified atom stereocenters. The van der Waals surface area contributed by atoms with Crippen LogP contribution in [-0.4, -0.2) is 25.5 Å². The Hall–Kier alpha value is -2.08. The Morgan fingerprint density at radius 2 is 1.28 bits per heavy atom. The van der Waals surface area contributed by atoms with Crippen LogP contribution in [0, 0.1) is 0 Å². The van der Waals surface area contributed by atoms with Gasteiger partial charge in [0.2, 0.25) is 0 Å². The van der Waals surface area contributed by atoms with Gasteiger partial charge < -0.3 is 0 Å². The summed E-state index contributed by atoms with van der Waals surface area (Å²) in [6.45, 7) is 6.31. The molecule has 0 aliphatic carbocycles. The SMILES string of the molecule is C[CH2][Ge]([CH2]C)([CH2]C)[O]C(=O)c1ccc(OC(=O)c2ccccc2)cc1. The molecule has 0 fully saturated rings. The van der Waals surface area contributed by atoms with Crippen LogP contribution in [0.2, 0.25) is 15.8 Å². The van der Waals surface area contributed by atoms with Gasteiger partial charge in [0.05, 0.1) is 0 Å².